The molecule has 1 unspecified atom stereocenters. The minimum Gasteiger partial charge on any atom is -0.313 e. The number of likely N-dealkylation sites (N-methyl/N-ethyl adjacent to an activating group) is 1. The number of rotatable bonds is 7. The van der Waals surface area contributed by atoms with Crippen molar-refractivity contribution in [3.63, 3.8) is 0 Å². The maximum Gasteiger partial charge on any atom is 0.0420 e. The van der Waals surface area contributed by atoms with Gasteiger partial charge in [0, 0.05) is 39.5 Å². The lowest BCUT2D eigenvalue weighted by molar-refractivity contribution is 0.566. The molecule has 106 valence electrons. The van der Waals surface area contributed by atoms with E-state index >= 15 is 0 Å². The van der Waals surface area contributed by atoms with Gasteiger partial charge in [-0.2, -0.15) is 0 Å². The quantitative estimate of drug-likeness (QED) is 0.759. The molecule has 0 saturated heterocycles. The molecule has 2 nitrogen and oxygen atoms in total. The molecule has 1 N–H and O–H groups in total. The van der Waals surface area contributed by atoms with Crippen LogP contribution in [0.25, 0.3) is 0 Å². The van der Waals surface area contributed by atoms with Gasteiger partial charge in [0.15, 0.2) is 0 Å². The fourth-order valence-corrected chi connectivity index (χ4v) is 3.19. The highest BCUT2D eigenvalue weighted by Gasteiger charge is 2.10. The first kappa shape index (κ1) is 15.5. The molecule has 4 heteroatoms. The second kappa shape index (κ2) is 8.45. The summed E-state index contributed by atoms with van der Waals surface area (Å²) in [6, 6.07) is 15.1. The van der Waals surface area contributed by atoms with Crippen LogP contribution < -0.4 is 5.32 Å². The summed E-state index contributed by atoms with van der Waals surface area (Å²) in [5.74, 6) is 1.05. The smallest absolute Gasteiger partial charge is 0.0420 e. The number of benzene rings is 1. The van der Waals surface area contributed by atoms with Crippen LogP contribution in [0.2, 0.25) is 0 Å². The number of pyridine rings is 1. The second-order valence-electron chi connectivity index (χ2n) is 4.55. The van der Waals surface area contributed by atoms with Crippen molar-refractivity contribution in [1.29, 1.82) is 0 Å². The second-order valence-corrected chi connectivity index (χ2v) is 6.56. The van der Waals surface area contributed by atoms with Crippen LogP contribution >= 0.6 is 27.7 Å². The Morgan fingerprint density at radius 1 is 1.20 bits per heavy atom. The largest absolute Gasteiger partial charge is 0.313 e. The van der Waals surface area contributed by atoms with E-state index in [9.17, 15) is 0 Å². The zero-order chi connectivity index (χ0) is 14.2. The van der Waals surface area contributed by atoms with Crippen molar-refractivity contribution in [3.8, 4) is 0 Å². The third-order valence-electron chi connectivity index (χ3n) is 2.93. The summed E-state index contributed by atoms with van der Waals surface area (Å²) in [7, 11) is 0. The van der Waals surface area contributed by atoms with E-state index in [-0.39, 0.29) is 0 Å². The van der Waals surface area contributed by atoms with E-state index < -0.39 is 0 Å². The van der Waals surface area contributed by atoms with Gasteiger partial charge < -0.3 is 5.32 Å². The summed E-state index contributed by atoms with van der Waals surface area (Å²) in [6.45, 7) is 3.13. The van der Waals surface area contributed by atoms with Crippen molar-refractivity contribution < 1.29 is 0 Å². The van der Waals surface area contributed by atoms with Crippen LogP contribution in [0.1, 0.15) is 12.6 Å². The van der Waals surface area contributed by atoms with Crippen LogP contribution in [0.4, 0.5) is 0 Å². The molecule has 1 aromatic carbocycles. The van der Waals surface area contributed by atoms with E-state index in [0.29, 0.717) is 6.04 Å². The van der Waals surface area contributed by atoms with E-state index in [1.54, 1.807) is 0 Å². The maximum atomic E-state index is 4.46. The molecule has 1 heterocycles. The molecule has 1 aromatic heterocycles. The van der Waals surface area contributed by atoms with E-state index in [4.69, 9.17) is 0 Å². The first-order valence-electron chi connectivity index (χ1n) is 6.79. The lowest BCUT2D eigenvalue weighted by Gasteiger charge is -2.17. The molecule has 2 aromatic rings. The SMILES string of the molecule is CCNC(CSc1ccccc1)Cc1ccc(Br)cn1. The van der Waals surface area contributed by atoms with Crippen molar-refractivity contribution in [2.24, 2.45) is 0 Å². The molecule has 0 aliphatic rings. The molecule has 20 heavy (non-hydrogen) atoms. The summed E-state index contributed by atoms with van der Waals surface area (Å²) in [6.07, 6.45) is 2.82. The van der Waals surface area contributed by atoms with Gasteiger partial charge in [0.1, 0.15) is 0 Å². The van der Waals surface area contributed by atoms with Gasteiger partial charge in [-0.25, -0.2) is 0 Å². The number of thioether (sulfide) groups is 1. The van der Waals surface area contributed by atoms with Crippen molar-refractivity contribution in [3.05, 3.63) is 58.8 Å². The Morgan fingerprint density at radius 3 is 2.65 bits per heavy atom. The summed E-state index contributed by atoms with van der Waals surface area (Å²) in [4.78, 5) is 5.78. The Hall–Kier alpha value is -0.840. The standard InChI is InChI=1S/C16H19BrN2S/c1-2-18-15(10-14-9-8-13(17)11-19-14)12-20-16-6-4-3-5-7-16/h3-9,11,15,18H,2,10,12H2,1H3. The fourth-order valence-electron chi connectivity index (χ4n) is 1.97. The highest BCUT2D eigenvalue weighted by molar-refractivity contribution is 9.10. The van der Waals surface area contributed by atoms with E-state index in [1.807, 2.05) is 18.0 Å². The lowest BCUT2D eigenvalue weighted by atomic mass is 10.1. The summed E-state index contributed by atoms with van der Waals surface area (Å²) < 4.78 is 1.03. The summed E-state index contributed by atoms with van der Waals surface area (Å²) in [5.41, 5.74) is 1.13. The Labute approximate surface area is 133 Å². The monoisotopic (exact) mass is 350 g/mol. The molecule has 0 fully saturated rings. The normalized spacial score (nSPS) is 12.3. The molecular formula is C16H19BrN2S. The van der Waals surface area contributed by atoms with Gasteiger partial charge in [0.25, 0.3) is 0 Å². The summed E-state index contributed by atoms with van der Waals surface area (Å²) >= 11 is 5.31. The molecule has 0 saturated carbocycles. The van der Waals surface area contributed by atoms with Crippen molar-refractivity contribution in [2.75, 3.05) is 12.3 Å². The maximum absolute atomic E-state index is 4.46. The highest BCUT2D eigenvalue weighted by Crippen LogP contribution is 2.19. The molecule has 0 amide bonds. The van der Waals surface area contributed by atoms with Gasteiger partial charge in [0.2, 0.25) is 0 Å². The third kappa shape index (κ3) is 5.27. The molecule has 0 aliphatic carbocycles. The minimum atomic E-state index is 0.443. The fraction of sp³-hybridized carbons (Fsp3) is 0.312. The Morgan fingerprint density at radius 2 is 2.00 bits per heavy atom. The van der Waals surface area contributed by atoms with Crippen LogP contribution in [0.3, 0.4) is 0 Å². The molecule has 0 radical (unpaired) electrons. The number of aromatic nitrogens is 1. The van der Waals surface area contributed by atoms with Gasteiger partial charge in [-0.3, -0.25) is 4.98 Å². The van der Waals surface area contributed by atoms with Crippen LogP contribution in [-0.2, 0) is 6.42 Å². The number of nitrogens with zero attached hydrogens (tertiary/aromatic N) is 1. The number of nitrogens with one attached hydrogen (secondary N) is 1. The molecule has 0 spiro atoms. The van der Waals surface area contributed by atoms with Gasteiger partial charge in [0.05, 0.1) is 0 Å². The van der Waals surface area contributed by atoms with E-state index in [1.165, 1.54) is 4.90 Å². The van der Waals surface area contributed by atoms with Gasteiger partial charge >= 0.3 is 0 Å². The number of halogens is 1. The van der Waals surface area contributed by atoms with Crippen molar-refractivity contribution in [1.82, 2.24) is 10.3 Å². The Kier molecular flexibility index (Phi) is 6.57. The topological polar surface area (TPSA) is 24.9 Å². The average Bonchev–Trinajstić information content (AvgIpc) is 2.48. The van der Waals surface area contributed by atoms with Gasteiger partial charge in [-0.1, -0.05) is 25.1 Å². The van der Waals surface area contributed by atoms with E-state index in [2.05, 4.69) is 75.6 Å². The number of hydrogen-bond donors (Lipinski definition) is 1. The average molecular weight is 351 g/mol. The molecule has 1 atom stereocenters. The number of hydrogen-bond acceptors (Lipinski definition) is 3. The van der Waals surface area contributed by atoms with Crippen molar-refractivity contribution >= 4 is 27.7 Å². The van der Waals surface area contributed by atoms with Crippen LogP contribution in [-0.4, -0.2) is 23.3 Å². The predicted molar refractivity (Wildman–Crippen MR) is 90.3 cm³/mol. The molecule has 0 aliphatic heterocycles. The highest BCUT2D eigenvalue weighted by atomic mass is 79.9. The lowest BCUT2D eigenvalue weighted by Crippen LogP contribution is -2.33. The first-order chi connectivity index (χ1) is 9.78. The Bertz CT molecular complexity index is 502. The van der Waals surface area contributed by atoms with Crippen LogP contribution in [0.5, 0.6) is 0 Å². The molecular weight excluding hydrogens is 332 g/mol. The van der Waals surface area contributed by atoms with E-state index in [0.717, 1.165) is 28.9 Å². The molecule has 2 rings (SSSR count). The van der Waals surface area contributed by atoms with Crippen molar-refractivity contribution in [2.45, 2.75) is 24.3 Å². The zero-order valence-electron chi connectivity index (χ0n) is 11.6. The van der Waals surface area contributed by atoms with Crippen LogP contribution in [0, 0.1) is 0 Å². The summed E-state index contributed by atoms with van der Waals surface area (Å²) in [5, 5.41) is 3.54. The Balaban J connectivity index is 1.91. The van der Waals surface area contributed by atoms with Crippen LogP contribution in [0.15, 0.2) is 58.0 Å². The minimum absolute atomic E-state index is 0.443. The third-order valence-corrected chi connectivity index (χ3v) is 4.57. The predicted octanol–water partition coefficient (Wildman–Crippen LogP) is 4.16. The zero-order valence-corrected chi connectivity index (χ0v) is 14.0. The van der Waals surface area contributed by atoms with Gasteiger partial charge in [-0.05, 0) is 46.7 Å². The first-order valence-corrected chi connectivity index (χ1v) is 8.57. The van der Waals surface area contributed by atoms with Gasteiger partial charge in [-0.15, -0.1) is 11.8 Å². The molecule has 0 bridgehead atoms.